The molecule has 2 saturated heterocycles. The summed E-state index contributed by atoms with van der Waals surface area (Å²) in [4.78, 5) is 2.56. The normalized spacial score (nSPS) is 39.2. The highest BCUT2D eigenvalue weighted by molar-refractivity contribution is 4.80. The van der Waals surface area contributed by atoms with Crippen LogP contribution in [0.15, 0.2) is 0 Å². The number of nitrogens with one attached hydrogen (secondary N) is 1. The molecule has 3 atom stereocenters. The molecule has 2 fully saturated rings. The Hall–Kier alpha value is -0.120. The Morgan fingerprint density at radius 1 is 1.20 bits per heavy atom. The highest BCUT2D eigenvalue weighted by Crippen LogP contribution is 2.14. The Balaban J connectivity index is 1.77. The maximum atomic E-state index is 5.74. The largest absolute Gasteiger partial charge is 0.373 e. The summed E-state index contributed by atoms with van der Waals surface area (Å²) in [5.74, 6) is 0. The van der Waals surface area contributed by atoms with Crippen LogP contribution in [0, 0.1) is 0 Å². The molecule has 0 radical (unpaired) electrons. The zero-order valence-corrected chi connectivity index (χ0v) is 10.0. The molecule has 2 rings (SSSR count). The zero-order chi connectivity index (χ0) is 10.7. The number of piperidine rings is 1. The molecule has 2 heterocycles. The lowest BCUT2D eigenvalue weighted by molar-refractivity contribution is -0.0703. The van der Waals surface area contributed by atoms with E-state index < -0.39 is 0 Å². The van der Waals surface area contributed by atoms with E-state index in [0.717, 1.165) is 19.1 Å². The third-order valence-electron chi connectivity index (χ3n) is 3.39. The number of hydrogen-bond acceptors (Lipinski definition) is 3. The van der Waals surface area contributed by atoms with Gasteiger partial charge < -0.3 is 10.1 Å². The van der Waals surface area contributed by atoms with Crippen molar-refractivity contribution >= 4 is 0 Å². The standard InChI is InChI=1S/C12H24N2O/c1-10-7-14(8-11(2)15-10)9-12-5-3-4-6-13-12/h10-13H,3-9H2,1-2H3/t10-,11-,12-/m1/s1. The van der Waals surface area contributed by atoms with Gasteiger partial charge in [-0.3, -0.25) is 4.90 Å². The van der Waals surface area contributed by atoms with Crippen molar-refractivity contribution in [1.29, 1.82) is 0 Å². The molecular formula is C12H24N2O. The Labute approximate surface area is 93.2 Å². The second-order valence-electron chi connectivity index (χ2n) is 5.12. The number of nitrogens with zero attached hydrogens (tertiary/aromatic N) is 1. The van der Waals surface area contributed by atoms with Crippen LogP contribution < -0.4 is 5.32 Å². The van der Waals surface area contributed by atoms with Crippen LogP contribution in [0.1, 0.15) is 33.1 Å². The lowest BCUT2D eigenvalue weighted by Gasteiger charge is -2.38. The minimum Gasteiger partial charge on any atom is -0.373 e. The van der Waals surface area contributed by atoms with Gasteiger partial charge in [0, 0.05) is 25.7 Å². The van der Waals surface area contributed by atoms with Gasteiger partial charge in [0.25, 0.3) is 0 Å². The molecule has 1 N–H and O–H groups in total. The average molecular weight is 212 g/mol. The summed E-state index contributed by atoms with van der Waals surface area (Å²) in [6.07, 6.45) is 4.90. The van der Waals surface area contributed by atoms with Gasteiger partial charge in [0.2, 0.25) is 0 Å². The lowest BCUT2D eigenvalue weighted by atomic mass is 10.0. The van der Waals surface area contributed by atoms with E-state index in [1.807, 2.05) is 0 Å². The third kappa shape index (κ3) is 3.44. The Morgan fingerprint density at radius 2 is 1.93 bits per heavy atom. The number of hydrogen-bond donors (Lipinski definition) is 1. The molecule has 3 heteroatoms. The van der Waals surface area contributed by atoms with E-state index in [-0.39, 0.29) is 0 Å². The van der Waals surface area contributed by atoms with Crippen LogP contribution in [0.2, 0.25) is 0 Å². The first kappa shape index (κ1) is 11.4. The van der Waals surface area contributed by atoms with Crippen LogP contribution in [0.25, 0.3) is 0 Å². The van der Waals surface area contributed by atoms with E-state index in [1.165, 1.54) is 32.4 Å². The molecule has 0 bridgehead atoms. The number of morpholine rings is 1. The lowest BCUT2D eigenvalue weighted by Crippen LogP contribution is -2.51. The maximum absolute atomic E-state index is 5.74. The summed E-state index contributed by atoms with van der Waals surface area (Å²) in [5.41, 5.74) is 0. The molecular weight excluding hydrogens is 188 g/mol. The van der Waals surface area contributed by atoms with Gasteiger partial charge in [-0.1, -0.05) is 6.42 Å². The van der Waals surface area contributed by atoms with Crippen molar-refractivity contribution in [2.45, 2.75) is 51.4 Å². The summed E-state index contributed by atoms with van der Waals surface area (Å²) in [5, 5.41) is 3.61. The molecule has 0 aromatic heterocycles. The topological polar surface area (TPSA) is 24.5 Å². The third-order valence-corrected chi connectivity index (χ3v) is 3.39. The molecule has 2 aliphatic heterocycles. The second-order valence-corrected chi connectivity index (χ2v) is 5.12. The molecule has 0 saturated carbocycles. The van der Waals surface area contributed by atoms with Crippen LogP contribution in [0.4, 0.5) is 0 Å². The molecule has 15 heavy (non-hydrogen) atoms. The first-order valence-electron chi connectivity index (χ1n) is 6.35. The van der Waals surface area contributed by atoms with Gasteiger partial charge in [-0.25, -0.2) is 0 Å². The maximum Gasteiger partial charge on any atom is 0.0678 e. The Morgan fingerprint density at radius 3 is 2.53 bits per heavy atom. The van der Waals surface area contributed by atoms with Gasteiger partial charge in [0.1, 0.15) is 0 Å². The van der Waals surface area contributed by atoms with E-state index in [9.17, 15) is 0 Å². The van der Waals surface area contributed by atoms with E-state index in [2.05, 4.69) is 24.1 Å². The quantitative estimate of drug-likeness (QED) is 0.745. The Bertz CT molecular complexity index is 182. The van der Waals surface area contributed by atoms with Crippen LogP contribution in [-0.4, -0.2) is 49.3 Å². The van der Waals surface area contributed by atoms with Crippen LogP contribution >= 0.6 is 0 Å². The SMILES string of the molecule is C[C@@H]1CN(C[C@H]2CCCCN2)C[C@@H](C)O1. The van der Waals surface area contributed by atoms with E-state index in [1.54, 1.807) is 0 Å². The van der Waals surface area contributed by atoms with Crippen molar-refractivity contribution < 1.29 is 4.74 Å². The molecule has 0 spiro atoms. The van der Waals surface area contributed by atoms with Crippen molar-refractivity contribution in [3.05, 3.63) is 0 Å². The molecule has 0 amide bonds. The average Bonchev–Trinajstić information content (AvgIpc) is 2.17. The van der Waals surface area contributed by atoms with Gasteiger partial charge in [-0.2, -0.15) is 0 Å². The fourth-order valence-electron chi connectivity index (χ4n) is 2.82. The second kappa shape index (κ2) is 5.28. The van der Waals surface area contributed by atoms with Crippen LogP contribution in [0.5, 0.6) is 0 Å². The van der Waals surface area contributed by atoms with Gasteiger partial charge >= 0.3 is 0 Å². The van der Waals surface area contributed by atoms with Crippen molar-refractivity contribution in [1.82, 2.24) is 10.2 Å². The van der Waals surface area contributed by atoms with E-state index >= 15 is 0 Å². The van der Waals surface area contributed by atoms with Gasteiger partial charge in [0.05, 0.1) is 12.2 Å². The first-order valence-corrected chi connectivity index (χ1v) is 6.35. The van der Waals surface area contributed by atoms with E-state index in [4.69, 9.17) is 4.74 Å². The molecule has 2 aliphatic rings. The summed E-state index contributed by atoms with van der Waals surface area (Å²) >= 11 is 0. The first-order chi connectivity index (χ1) is 7.24. The molecule has 0 aromatic rings. The molecule has 0 aromatic carbocycles. The summed E-state index contributed by atoms with van der Waals surface area (Å²) in [7, 11) is 0. The Kier molecular flexibility index (Phi) is 4.00. The minimum absolute atomic E-state index is 0.400. The monoisotopic (exact) mass is 212 g/mol. The van der Waals surface area contributed by atoms with Gasteiger partial charge in [-0.05, 0) is 33.2 Å². The van der Waals surface area contributed by atoms with Gasteiger partial charge in [0.15, 0.2) is 0 Å². The summed E-state index contributed by atoms with van der Waals surface area (Å²) in [6.45, 7) is 8.97. The van der Waals surface area contributed by atoms with Crippen molar-refractivity contribution in [3.63, 3.8) is 0 Å². The van der Waals surface area contributed by atoms with E-state index in [0.29, 0.717) is 12.2 Å². The number of rotatable bonds is 2. The zero-order valence-electron chi connectivity index (χ0n) is 10.0. The fraction of sp³-hybridized carbons (Fsp3) is 1.00. The highest BCUT2D eigenvalue weighted by Gasteiger charge is 2.24. The fourth-order valence-corrected chi connectivity index (χ4v) is 2.82. The van der Waals surface area contributed by atoms with Crippen molar-refractivity contribution in [2.75, 3.05) is 26.2 Å². The molecule has 3 nitrogen and oxygen atoms in total. The van der Waals surface area contributed by atoms with Crippen molar-refractivity contribution in [2.24, 2.45) is 0 Å². The summed E-state index contributed by atoms with van der Waals surface area (Å²) in [6, 6.07) is 0.719. The van der Waals surface area contributed by atoms with Crippen molar-refractivity contribution in [3.8, 4) is 0 Å². The molecule has 0 unspecified atom stereocenters. The minimum atomic E-state index is 0.400. The highest BCUT2D eigenvalue weighted by atomic mass is 16.5. The smallest absolute Gasteiger partial charge is 0.0678 e. The van der Waals surface area contributed by atoms with Crippen LogP contribution in [-0.2, 0) is 4.74 Å². The number of ether oxygens (including phenoxy) is 1. The predicted molar refractivity (Wildman–Crippen MR) is 62.1 cm³/mol. The molecule has 88 valence electrons. The predicted octanol–water partition coefficient (Wildman–Crippen LogP) is 1.24. The van der Waals surface area contributed by atoms with Gasteiger partial charge in [-0.15, -0.1) is 0 Å². The molecule has 0 aliphatic carbocycles. The van der Waals surface area contributed by atoms with Crippen LogP contribution in [0.3, 0.4) is 0 Å². The summed E-state index contributed by atoms with van der Waals surface area (Å²) < 4.78 is 5.74.